The van der Waals surface area contributed by atoms with Gasteiger partial charge in [0.2, 0.25) is 17.7 Å². The van der Waals surface area contributed by atoms with Crippen LogP contribution in [0.2, 0.25) is 0 Å². The van der Waals surface area contributed by atoms with Gasteiger partial charge in [0.1, 0.15) is 11.6 Å². The van der Waals surface area contributed by atoms with E-state index in [1.54, 1.807) is 20.8 Å². The second kappa shape index (κ2) is 38.7. The minimum absolute atomic E-state index is 0.0649. The molecule has 1 unspecified atom stereocenters. The number of imide groups is 1. The van der Waals surface area contributed by atoms with Gasteiger partial charge in [-0.1, -0.05) is 0 Å². The van der Waals surface area contributed by atoms with Crippen molar-refractivity contribution in [2.24, 2.45) is 0 Å². The number of unbranched alkanes of at least 4 members (excludes halogenated alkanes) is 2. The van der Waals surface area contributed by atoms with Gasteiger partial charge in [0.05, 0.1) is 145 Å². The summed E-state index contributed by atoms with van der Waals surface area (Å²) in [5.41, 5.74) is -0.765. The molecule has 0 bridgehead atoms. The molecular weight excluding hydrogens is 945 g/mol. The number of hydrogen-bond donors (Lipinski definition) is 5. The van der Waals surface area contributed by atoms with E-state index in [1.165, 1.54) is 0 Å². The number of nitrogens with zero attached hydrogens (tertiary/aromatic N) is 2. The molecule has 1 heterocycles. The Morgan fingerprint density at radius 2 is 0.986 bits per heavy atom. The first-order valence-electron chi connectivity index (χ1n) is 24.0. The molecule has 0 fully saturated rings. The number of ether oxygens (including phenoxy) is 9. The van der Waals surface area contributed by atoms with E-state index in [2.05, 4.69) is 21.3 Å². The number of rotatable bonds is 45. The molecule has 0 aromatic rings. The van der Waals surface area contributed by atoms with Crippen LogP contribution in [0.4, 0.5) is 4.79 Å². The lowest BCUT2D eigenvalue weighted by Gasteiger charge is -2.29. The van der Waals surface area contributed by atoms with Gasteiger partial charge in [-0.05, 0) is 40.0 Å². The minimum Gasteiger partial charge on any atom is -0.444 e. The predicted molar refractivity (Wildman–Crippen MR) is 255 cm³/mol. The maximum absolute atomic E-state index is 12.9. The Bertz CT molecular complexity index is 1610. The molecule has 24 nitrogen and oxygen atoms in total. The average Bonchev–Trinajstić information content (AvgIpc) is 3.60. The van der Waals surface area contributed by atoms with Crippen molar-refractivity contribution >= 4 is 45.7 Å². The van der Waals surface area contributed by atoms with Gasteiger partial charge < -0.3 is 68.4 Å². The van der Waals surface area contributed by atoms with Crippen LogP contribution in [-0.4, -0.2) is 234 Å². The fourth-order valence-corrected chi connectivity index (χ4v) is 6.69. The molecule has 0 aliphatic carbocycles. The van der Waals surface area contributed by atoms with Gasteiger partial charge in [-0.3, -0.25) is 33.4 Å². The second-order valence-corrected chi connectivity index (χ2v) is 19.2. The van der Waals surface area contributed by atoms with Crippen molar-refractivity contribution in [3.8, 4) is 0 Å². The summed E-state index contributed by atoms with van der Waals surface area (Å²) >= 11 is 0. The van der Waals surface area contributed by atoms with Crippen LogP contribution >= 0.6 is 0 Å². The van der Waals surface area contributed by atoms with E-state index in [0.29, 0.717) is 162 Å². The van der Waals surface area contributed by atoms with Gasteiger partial charge in [-0.25, -0.2) is 4.79 Å². The molecule has 0 aromatic carbocycles. The van der Waals surface area contributed by atoms with Crippen LogP contribution in [0.1, 0.15) is 65.7 Å². The first kappa shape index (κ1) is 64.1. The lowest BCUT2D eigenvalue weighted by Crippen LogP contribution is -2.55. The average molecular weight is 1030 g/mol. The lowest BCUT2D eigenvalue weighted by molar-refractivity contribution is -0.890. The van der Waals surface area contributed by atoms with Crippen LogP contribution in [0.25, 0.3) is 0 Å². The van der Waals surface area contributed by atoms with Gasteiger partial charge in [0.15, 0.2) is 0 Å². The van der Waals surface area contributed by atoms with Crippen molar-refractivity contribution in [2.45, 2.75) is 77.4 Å². The Kier molecular flexibility index (Phi) is 35.5. The molecule has 0 aromatic heterocycles. The summed E-state index contributed by atoms with van der Waals surface area (Å²) in [4.78, 5) is 74.4. The van der Waals surface area contributed by atoms with E-state index in [9.17, 15) is 37.2 Å². The standard InChI is InChI=1S/C45H82N6O18S/c1-45(2,3)69-44(57)49-37-38(50-41(54)12-13-42(50)55)43(56)48-16-8-6-7-15-46-40(53)14-20-61-22-24-63-26-28-65-30-32-67-34-35-68-33-31-66-29-27-64-25-23-62-21-17-47-39(52)11-9-18-51(4,5)19-10-36-70(58,59)60/h12-13,38H,6-11,14-37H2,1-5H3,(H4-,46,47,48,49,52,53,56,57,58,59,60)/p+1. The van der Waals surface area contributed by atoms with Crippen LogP contribution in [-0.2, 0) is 76.7 Å². The van der Waals surface area contributed by atoms with E-state index in [-0.39, 0.29) is 43.7 Å². The van der Waals surface area contributed by atoms with Crippen molar-refractivity contribution in [1.82, 2.24) is 26.2 Å². The quantitative estimate of drug-likeness (QED) is 0.0232. The predicted octanol–water partition coefficient (Wildman–Crippen LogP) is -0.0190. The summed E-state index contributed by atoms with van der Waals surface area (Å²) in [6.07, 6.45) is 4.94. The largest absolute Gasteiger partial charge is 0.444 e. The monoisotopic (exact) mass is 1030 g/mol. The molecule has 406 valence electrons. The van der Waals surface area contributed by atoms with Crippen LogP contribution < -0.4 is 21.3 Å². The van der Waals surface area contributed by atoms with E-state index < -0.39 is 45.6 Å². The SMILES string of the molecule is CC(C)(C)OC(=O)NCC(C(=O)NCCCCCNC(=O)CCOCCOCCOCCOCCOCCOCCOCCOCCNC(=O)CCC[N+](C)(C)CCCS(=O)(=O)O)N1C(=O)C=CC1=O. The third-order valence-corrected chi connectivity index (χ3v) is 10.6. The Morgan fingerprint density at radius 3 is 1.46 bits per heavy atom. The number of quaternary nitrogens is 1. The van der Waals surface area contributed by atoms with Crippen molar-refractivity contribution in [2.75, 3.05) is 165 Å². The molecule has 6 amide bonds. The maximum Gasteiger partial charge on any atom is 0.407 e. The Labute approximate surface area is 414 Å². The van der Waals surface area contributed by atoms with Gasteiger partial charge in [0, 0.05) is 57.5 Å². The number of hydrogen-bond acceptors (Lipinski definition) is 17. The molecule has 5 N–H and O–H groups in total. The van der Waals surface area contributed by atoms with Gasteiger partial charge >= 0.3 is 6.09 Å². The summed E-state index contributed by atoms with van der Waals surface area (Å²) in [5, 5.41) is 10.8. The van der Waals surface area contributed by atoms with Crippen LogP contribution in [0.3, 0.4) is 0 Å². The Balaban J connectivity index is 1.84. The number of carbonyl (C=O) groups is 6. The fraction of sp³-hybridized carbons (Fsp3) is 0.822. The maximum atomic E-state index is 12.9. The zero-order chi connectivity index (χ0) is 51.9. The highest BCUT2D eigenvalue weighted by molar-refractivity contribution is 7.85. The number of alkyl carbamates (subject to hydrolysis) is 1. The van der Waals surface area contributed by atoms with E-state index in [4.69, 9.17) is 47.2 Å². The topological polar surface area (TPSA) is 291 Å². The number of amides is 6. The Hall–Kier alpha value is -3.89. The zero-order valence-electron chi connectivity index (χ0n) is 42.1. The molecule has 0 radical (unpaired) electrons. The lowest BCUT2D eigenvalue weighted by atomic mass is 10.2. The zero-order valence-corrected chi connectivity index (χ0v) is 43.0. The molecule has 1 aliphatic heterocycles. The molecule has 1 rings (SSSR count). The third kappa shape index (κ3) is 37.9. The third-order valence-electron chi connectivity index (χ3n) is 9.75. The number of carbonyl (C=O) groups excluding carboxylic acids is 6. The normalized spacial score (nSPS) is 13.4. The molecule has 0 spiro atoms. The van der Waals surface area contributed by atoms with Gasteiger partial charge in [-0.2, -0.15) is 8.42 Å². The summed E-state index contributed by atoms with van der Waals surface area (Å²) in [5.74, 6) is -2.34. The summed E-state index contributed by atoms with van der Waals surface area (Å²) in [6, 6.07) is -1.24. The summed E-state index contributed by atoms with van der Waals surface area (Å²) < 4.78 is 80.2. The van der Waals surface area contributed by atoms with Crippen molar-refractivity contribution in [1.29, 1.82) is 0 Å². The highest BCUT2D eigenvalue weighted by atomic mass is 32.2. The van der Waals surface area contributed by atoms with E-state index in [0.717, 1.165) is 23.6 Å². The molecule has 0 saturated heterocycles. The summed E-state index contributed by atoms with van der Waals surface area (Å²) in [7, 11) is -0.0276. The summed E-state index contributed by atoms with van der Waals surface area (Å²) in [6.45, 7) is 13.6. The minimum atomic E-state index is -3.95. The number of nitrogens with one attached hydrogen (secondary N) is 4. The molecule has 70 heavy (non-hydrogen) atoms. The van der Waals surface area contributed by atoms with Crippen molar-refractivity contribution in [3.63, 3.8) is 0 Å². The smallest absolute Gasteiger partial charge is 0.407 e. The van der Waals surface area contributed by atoms with Gasteiger partial charge in [0.25, 0.3) is 21.9 Å². The van der Waals surface area contributed by atoms with Crippen molar-refractivity contribution in [3.05, 3.63) is 12.2 Å². The van der Waals surface area contributed by atoms with Crippen LogP contribution in [0.5, 0.6) is 0 Å². The fourth-order valence-electron chi connectivity index (χ4n) is 6.20. The molecule has 25 heteroatoms. The van der Waals surface area contributed by atoms with E-state index in [1.807, 2.05) is 14.1 Å². The first-order valence-corrected chi connectivity index (χ1v) is 25.6. The molecule has 1 aliphatic rings. The van der Waals surface area contributed by atoms with Crippen molar-refractivity contribution < 1.29 is 88.9 Å². The Morgan fingerprint density at radius 1 is 0.571 bits per heavy atom. The van der Waals surface area contributed by atoms with Crippen LogP contribution in [0.15, 0.2) is 12.2 Å². The highest BCUT2D eigenvalue weighted by Gasteiger charge is 2.36. The van der Waals surface area contributed by atoms with Gasteiger partial charge in [-0.15, -0.1) is 0 Å². The second-order valence-electron chi connectivity index (χ2n) is 17.6. The molecule has 1 atom stereocenters. The molecular formula is C45H83N6O18S+. The van der Waals surface area contributed by atoms with E-state index >= 15 is 0 Å². The highest BCUT2D eigenvalue weighted by Crippen LogP contribution is 2.11. The van der Waals surface area contributed by atoms with Crippen LogP contribution in [0, 0.1) is 0 Å². The first-order chi connectivity index (χ1) is 33.3. The molecule has 0 saturated carbocycles.